The molecule has 0 bridgehead atoms. The molecule has 51 heavy (non-hydrogen) atoms. The van der Waals surface area contributed by atoms with Gasteiger partial charge in [-0.2, -0.15) is 0 Å². The SMILES string of the molecule is c1ccc(-c2nc(-c3ccncc3)nc(-c3cccc(-c4cccc(-c5cccc(-n6cc(-c7ccccc7)c7ccccc76)c5)c4)n3)n2)cc1. The average Bonchev–Trinajstić information content (AvgIpc) is 3.62. The molecule has 0 unspecified atom stereocenters. The van der Waals surface area contributed by atoms with Gasteiger partial charge < -0.3 is 4.57 Å². The maximum atomic E-state index is 5.08. The van der Waals surface area contributed by atoms with Crippen LogP contribution >= 0.6 is 0 Å². The Morgan fingerprint density at radius 2 is 0.941 bits per heavy atom. The van der Waals surface area contributed by atoms with Crippen molar-refractivity contribution >= 4 is 10.9 Å². The lowest BCUT2D eigenvalue weighted by atomic mass is 10.0. The Morgan fingerprint density at radius 3 is 1.73 bits per heavy atom. The molecule has 240 valence electrons. The molecular weight excluding hydrogens is 625 g/mol. The van der Waals surface area contributed by atoms with Crippen LogP contribution in [-0.4, -0.2) is 29.5 Å². The van der Waals surface area contributed by atoms with Crippen LogP contribution in [-0.2, 0) is 0 Å². The highest BCUT2D eigenvalue weighted by Crippen LogP contribution is 2.34. The van der Waals surface area contributed by atoms with Crippen LogP contribution in [0.2, 0.25) is 0 Å². The van der Waals surface area contributed by atoms with E-state index in [-0.39, 0.29) is 0 Å². The Bertz CT molecular complexity index is 2580. The number of rotatable bonds is 7. The van der Waals surface area contributed by atoms with Crippen LogP contribution in [0.4, 0.5) is 0 Å². The zero-order valence-electron chi connectivity index (χ0n) is 27.5. The molecule has 0 saturated carbocycles. The minimum absolute atomic E-state index is 0.509. The molecule has 0 N–H and O–H groups in total. The second kappa shape index (κ2) is 13.1. The first-order chi connectivity index (χ1) is 25.3. The van der Waals surface area contributed by atoms with E-state index in [2.05, 4.69) is 119 Å². The van der Waals surface area contributed by atoms with Crippen molar-refractivity contribution in [1.82, 2.24) is 29.5 Å². The minimum Gasteiger partial charge on any atom is -0.316 e. The van der Waals surface area contributed by atoms with Gasteiger partial charge in [-0.05, 0) is 65.2 Å². The molecule has 0 aliphatic rings. The molecule has 4 heterocycles. The molecule has 0 amide bonds. The molecule has 5 aromatic carbocycles. The molecular formula is C45H30N6. The zero-order valence-corrected chi connectivity index (χ0v) is 27.5. The Labute approximate surface area is 295 Å². The Morgan fingerprint density at radius 1 is 0.373 bits per heavy atom. The minimum atomic E-state index is 0.509. The van der Waals surface area contributed by atoms with Crippen molar-refractivity contribution in [3.8, 4) is 73.5 Å². The summed E-state index contributed by atoms with van der Waals surface area (Å²) in [5.74, 6) is 1.67. The number of hydrogen-bond donors (Lipinski definition) is 0. The van der Waals surface area contributed by atoms with Gasteiger partial charge in [0.15, 0.2) is 17.5 Å². The van der Waals surface area contributed by atoms with Gasteiger partial charge in [-0.15, -0.1) is 0 Å². The van der Waals surface area contributed by atoms with E-state index in [0.717, 1.165) is 39.2 Å². The third kappa shape index (κ3) is 5.96. The van der Waals surface area contributed by atoms with E-state index in [1.54, 1.807) is 12.4 Å². The van der Waals surface area contributed by atoms with Crippen LogP contribution in [0, 0.1) is 0 Å². The van der Waals surface area contributed by atoms with Crippen LogP contribution in [0.3, 0.4) is 0 Å². The third-order valence-electron chi connectivity index (χ3n) is 9.00. The van der Waals surface area contributed by atoms with Crippen molar-refractivity contribution < 1.29 is 0 Å². The Hall–Kier alpha value is -7.05. The Kier molecular flexibility index (Phi) is 7.72. The molecule has 0 radical (unpaired) electrons. The maximum absolute atomic E-state index is 5.08. The molecule has 0 aliphatic heterocycles. The number of hydrogen-bond acceptors (Lipinski definition) is 5. The number of fused-ring (bicyclic) bond motifs is 1. The van der Waals surface area contributed by atoms with Gasteiger partial charge in [-0.1, -0.05) is 115 Å². The van der Waals surface area contributed by atoms with Crippen molar-refractivity contribution in [2.75, 3.05) is 0 Å². The monoisotopic (exact) mass is 654 g/mol. The van der Waals surface area contributed by atoms with Gasteiger partial charge in [0.2, 0.25) is 0 Å². The van der Waals surface area contributed by atoms with Crippen molar-refractivity contribution in [3.05, 3.63) is 182 Å². The first-order valence-corrected chi connectivity index (χ1v) is 16.8. The van der Waals surface area contributed by atoms with Gasteiger partial charge in [0.1, 0.15) is 5.69 Å². The zero-order chi connectivity index (χ0) is 34.0. The highest BCUT2D eigenvalue weighted by Gasteiger charge is 2.15. The van der Waals surface area contributed by atoms with E-state index < -0.39 is 0 Å². The quantitative estimate of drug-likeness (QED) is 0.171. The lowest BCUT2D eigenvalue weighted by Crippen LogP contribution is -2.01. The van der Waals surface area contributed by atoms with E-state index >= 15 is 0 Å². The summed E-state index contributed by atoms with van der Waals surface area (Å²) in [5, 5.41) is 1.23. The highest BCUT2D eigenvalue weighted by molar-refractivity contribution is 5.97. The van der Waals surface area contributed by atoms with E-state index in [9.17, 15) is 0 Å². The fourth-order valence-corrected chi connectivity index (χ4v) is 6.49. The van der Waals surface area contributed by atoms with Crippen LogP contribution in [0.1, 0.15) is 0 Å². The van der Waals surface area contributed by atoms with Gasteiger partial charge in [-0.3, -0.25) is 4.98 Å². The van der Waals surface area contributed by atoms with Gasteiger partial charge in [0, 0.05) is 51.9 Å². The molecule has 0 saturated heterocycles. The van der Waals surface area contributed by atoms with E-state index in [1.807, 2.05) is 60.7 Å². The largest absolute Gasteiger partial charge is 0.316 e. The molecule has 0 atom stereocenters. The second-order valence-electron chi connectivity index (χ2n) is 12.2. The second-order valence-corrected chi connectivity index (χ2v) is 12.2. The maximum Gasteiger partial charge on any atom is 0.182 e. The van der Waals surface area contributed by atoms with Crippen molar-refractivity contribution in [3.63, 3.8) is 0 Å². The summed E-state index contributed by atoms with van der Waals surface area (Å²) in [6.45, 7) is 0. The van der Waals surface area contributed by atoms with E-state index in [1.165, 1.54) is 22.0 Å². The predicted octanol–water partition coefficient (Wildman–Crippen LogP) is 10.6. The number of aromatic nitrogens is 6. The molecule has 9 rings (SSSR count). The van der Waals surface area contributed by atoms with Crippen LogP contribution in [0.25, 0.3) is 84.4 Å². The number of pyridine rings is 2. The van der Waals surface area contributed by atoms with Crippen LogP contribution in [0.15, 0.2) is 182 Å². The van der Waals surface area contributed by atoms with Crippen LogP contribution in [0.5, 0.6) is 0 Å². The summed E-state index contributed by atoms with van der Waals surface area (Å²) < 4.78 is 2.29. The highest BCUT2D eigenvalue weighted by atomic mass is 15.0. The van der Waals surface area contributed by atoms with Gasteiger partial charge in [-0.25, -0.2) is 19.9 Å². The van der Waals surface area contributed by atoms with Gasteiger partial charge >= 0.3 is 0 Å². The molecule has 0 aliphatic carbocycles. The predicted molar refractivity (Wildman–Crippen MR) is 205 cm³/mol. The lowest BCUT2D eigenvalue weighted by Gasteiger charge is -2.11. The summed E-state index contributed by atoms with van der Waals surface area (Å²) in [5.41, 5.74) is 11.2. The van der Waals surface area contributed by atoms with Crippen LogP contribution < -0.4 is 0 Å². The van der Waals surface area contributed by atoms with E-state index in [4.69, 9.17) is 19.9 Å². The fourth-order valence-electron chi connectivity index (χ4n) is 6.49. The fraction of sp³-hybridized carbons (Fsp3) is 0. The van der Waals surface area contributed by atoms with Gasteiger partial charge in [0.05, 0.1) is 11.2 Å². The molecule has 9 aromatic rings. The summed E-state index contributed by atoms with van der Waals surface area (Å²) in [6, 6.07) is 56.1. The lowest BCUT2D eigenvalue weighted by molar-refractivity contribution is 1.06. The smallest absolute Gasteiger partial charge is 0.182 e. The molecule has 0 spiro atoms. The molecule has 0 fully saturated rings. The summed E-state index contributed by atoms with van der Waals surface area (Å²) in [6.07, 6.45) is 5.73. The van der Waals surface area contributed by atoms with Crippen molar-refractivity contribution in [1.29, 1.82) is 0 Å². The average molecular weight is 655 g/mol. The molecule has 4 aromatic heterocycles. The first-order valence-electron chi connectivity index (χ1n) is 16.8. The van der Waals surface area contributed by atoms with Gasteiger partial charge in [0.25, 0.3) is 0 Å². The van der Waals surface area contributed by atoms with E-state index in [0.29, 0.717) is 23.2 Å². The summed E-state index contributed by atoms with van der Waals surface area (Å²) in [4.78, 5) is 23.8. The molecule has 6 heteroatoms. The standard InChI is InChI=1S/C45H30N6/c1-3-12-31(13-4-1)39-30-51(42-23-8-7-20-38(39)42)37-19-10-17-35(29-37)34-16-9-18-36(28-34)40-21-11-22-41(47-40)45-49-43(32-14-5-2-6-15-32)48-44(50-45)33-24-26-46-27-25-33/h1-30H. The van der Waals surface area contributed by atoms with Crippen molar-refractivity contribution in [2.45, 2.75) is 0 Å². The first kappa shape index (κ1) is 30.0. The number of nitrogens with zero attached hydrogens (tertiary/aromatic N) is 6. The number of para-hydroxylation sites is 1. The topological polar surface area (TPSA) is 69.4 Å². The Balaban J connectivity index is 1.08. The third-order valence-corrected chi connectivity index (χ3v) is 9.00. The molecule has 6 nitrogen and oxygen atoms in total. The summed E-state index contributed by atoms with van der Waals surface area (Å²) in [7, 11) is 0. The normalized spacial score (nSPS) is 11.1. The van der Waals surface area contributed by atoms with Crippen molar-refractivity contribution in [2.24, 2.45) is 0 Å². The number of benzene rings is 5. The summed E-state index contributed by atoms with van der Waals surface area (Å²) >= 11 is 0.